The van der Waals surface area contributed by atoms with Crippen LogP contribution in [0, 0.1) is 0 Å². The molecule has 32 heavy (non-hydrogen) atoms. The monoisotopic (exact) mass is 422 g/mol. The van der Waals surface area contributed by atoms with Crippen molar-refractivity contribution in [1.82, 2.24) is 0 Å². The van der Waals surface area contributed by atoms with Crippen LogP contribution in [0.1, 0.15) is 38.8 Å². The third-order valence-electron chi connectivity index (χ3n) is 7.64. The molecule has 0 saturated carbocycles. The number of allylic oxidation sites excluding steroid dienone is 6. The lowest BCUT2D eigenvalue weighted by molar-refractivity contribution is 0.379. The highest BCUT2D eigenvalue weighted by Crippen LogP contribution is 2.40. The normalized spacial score (nSPS) is 25.4. The summed E-state index contributed by atoms with van der Waals surface area (Å²) in [5, 5.41) is 0. The van der Waals surface area contributed by atoms with E-state index >= 15 is 0 Å². The molecule has 2 aliphatic carbocycles. The molecule has 2 nitrogen and oxygen atoms in total. The number of rotatable bonds is 4. The Kier molecular flexibility index (Phi) is 5.48. The largest absolute Gasteiger partial charge is 0.318 e. The van der Waals surface area contributed by atoms with E-state index in [9.17, 15) is 0 Å². The highest BCUT2D eigenvalue weighted by Gasteiger charge is 2.41. The summed E-state index contributed by atoms with van der Waals surface area (Å²) in [5.41, 5.74) is 16.9. The van der Waals surface area contributed by atoms with E-state index in [1.165, 1.54) is 11.1 Å². The molecule has 164 valence electrons. The van der Waals surface area contributed by atoms with Crippen molar-refractivity contribution in [2.24, 2.45) is 11.5 Å². The standard InChI is InChI=1S/C30H34N2/c1-27(2,25-11-7-5-8-12-25)29(31)19-15-23(16-20-29)24-17-21-30(32,22-18-24)28(3,4)26-13-9-6-10-14-26/h5-22H,31-32H2,1-4H3. The second-order valence-corrected chi connectivity index (χ2v) is 10.1. The topological polar surface area (TPSA) is 52.0 Å². The van der Waals surface area contributed by atoms with Gasteiger partial charge >= 0.3 is 0 Å². The molecule has 0 heterocycles. The molecule has 0 amide bonds. The van der Waals surface area contributed by atoms with Gasteiger partial charge in [0.2, 0.25) is 0 Å². The molecule has 0 spiro atoms. The molecule has 2 aliphatic rings. The molecule has 2 aromatic carbocycles. The molecule has 0 atom stereocenters. The number of nitrogens with two attached hydrogens (primary N) is 2. The van der Waals surface area contributed by atoms with Gasteiger partial charge < -0.3 is 11.5 Å². The fourth-order valence-corrected chi connectivity index (χ4v) is 4.56. The molecule has 2 aromatic rings. The van der Waals surface area contributed by atoms with Crippen molar-refractivity contribution < 1.29 is 0 Å². The summed E-state index contributed by atoms with van der Waals surface area (Å²) < 4.78 is 0. The van der Waals surface area contributed by atoms with E-state index in [4.69, 9.17) is 11.5 Å². The highest BCUT2D eigenvalue weighted by molar-refractivity contribution is 5.56. The zero-order valence-corrected chi connectivity index (χ0v) is 19.5. The highest BCUT2D eigenvalue weighted by atomic mass is 14.8. The smallest absolute Gasteiger partial charge is 0.0624 e. The van der Waals surface area contributed by atoms with Crippen LogP contribution in [0.15, 0.2) is 120 Å². The Balaban J connectivity index is 1.59. The summed E-state index contributed by atoms with van der Waals surface area (Å²) >= 11 is 0. The molecule has 4 rings (SSSR count). The lowest BCUT2D eigenvalue weighted by Gasteiger charge is -2.42. The zero-order chi connectivity index (χ0) is 23.0. The Morgan fingerprint density at radius 2 is 0.781 bits per heavy atom. The Morgan fingerprint density at radius 1 is 0.500 bits per heavy atom. The van der Waals surface area contributed by atoms with Crippen LogP contribution < -0.4 is 11.5 Å². The minimum atomic E-state index is -0.562. The van der Waals surface area contributed by atoms with Gasteiger partial charge in [-0.05, 0) is 22.3 Å². The Bertz CT molecular complexity index is 1000. The molecular weight excluding hydrogens is 388 g/mol. The minimum absolute atomic E-state index is 0.234. The van der Waals surface area contributed by atoms with Crippen molar-refractivity contribution in [3.05, 3.63) is 132 Å². The summed E-state index contributed by atoms with van der Waals surface area (Å²) in [4.78, 5) is 0. The molecule has 0 unspecified atom stereocenters. The SMILES string of the molecule is CC(C)(c1ccccc1)C1(N)C=CC(=C2C=CC(N)(C(C)(C)c3ccccc3)C=C2)C=C1. The molecule has 2 heteroatoms. The van der Waals surface area contributed by atoms with Crippen LogP contribution in [0.5, 0.6) is 0 Å². The van der Waals surface area contributed by atoms with Gasteiger partial charge in [-0.2, -0.15) is 0 Å². The maximum absolute atomic E-state index is 6.87. The summed E-state index contributed by atoms with van der Waals surface area (Å²) in [5.74, 6) is 0. The maximum Gasteiger partial charge on any atom is 0.0624 e. The van der Waals surface area contributed by atoms with E-state index in [1.807, 2.05) is 12.1 Å². The zero-order valence-electron chi connectivity index (χ0n) is 19.5. The second kappa shape index (κ2) is 7.88. The summed E-state index contributed by atoms with van der Waals surface area (Å²) in [6.45, 7) is 8.79. The summed E-state index contributed by atoms with van der Waals surface area (Å²) in [6, 6.07) is 20.9. The molecule has 0 saturated heterocycles. The summed E-state index contributed by atoms with van der Waals surface area (Å²) in [6.07, 6.45) is 17.1. The van der Waals surface area contributed by atoms with Crippen LogP contribution in [0.25, 0.3) is 0 Å². The average Bonchev–Trinajstić information content (AvgIpc) is 2.81. The van der Waals surface area contributed by atoms with Gasteiger partial charge in [-0.15, -0.1) is 0 Å². The van der Waals surface area contributed by atoms with Crippen molar-refractivity contribution in [3.63, 3.8) is 0 Å². The summed E-state index contributed by atoms with van der Waals surface area (Å²) in [7, 11) is 0. The van der Waals surface area contributed by atoms with Crippen LogP contribution in [-0.4, -0.2) is 11.1 Å². The first-order valence-electron chi connectivity index (χ1n) is 11.3. The number of benzene rings is 2. The lowest BCUT2D eigenvalue weighted by atomic mass is 9.65. The molecule has 4 N–H and O–H groups in total. The Morgan fingerprint density at radius 3 is 1.06 bits per heavy atom. The van der Waals surface area contributed by atoms with Gasteiger partial charge in [0.25, 0.3) is 0 Å². The first kappa shape index (κ1) is 22.3. The van der Waals surface area contributed by atoms with Crippen LogP contribution in [0.2, 0.25) is 0 Å². The van der Waals surface area contributed by atoms with E-state index < -0.39 is 11.1 Å². The Labute approximate surface area is 192 Å². The predicted molar refractivity (Wildman–Crippen MR) is 136 cm³/mol. The molecule has 0 aromatic heterocycles. The van der Waals surface area contributed by atoms with Crippen LogP contribution in [0.3, 0.4) is 0 Å². The molecule has 0 radical (unpaired) electrons. The van der Waals surface area contributed by atoms with Crippen LogP contribution in [-0.2, 0) is 10.8 Å². The van der Waals surface area contributed by atoms with Gasteiger partial charge in [0.1, 0.15) is 0 Å². The molecule has 0 fully saturated rings. The molecular formula is C30H34N2. The van der Waals surface area contributed by atoms with E-state index in [-0.39, 0.29) is 10.8 Å². The second-order valence-electron chi connectivity index (χ2n) is 10.1. The van der Waals surface area contributed by atoms with Gasteiger partial charge in [-0.1, -0.05) is 137 Å². The van der Waals surface area contributed by atoms with E-state index in [1.54, 1.807) is 0 Å². The van der Waals surface area contributed by atoms with Crippen molar-refractivity contribution in [1.29, 1.82) is 0 Å². The first-order valence-corrected chi connectivity index (χ1v) is 11.3. The molecule has 0 aliphatic heterocycles. The van der Waals surface area contributed by atoms with Crippen LogP contribution in [0.4, 0.5) is 0 Å². The van der Waals surface area contributed by atoms with Crippen molar-refractivity contribution in [2.45, 2.75) is 49.6 Å². The van der Waals surface area contributed by atoms with Gasteiger partial charge in [-0.3, -0.25) is 0 Å². The third-order valence-corrected chi connectivity index (χ3v) is 7.64. The van der Waals surface area contributed by atoms with E-state index in [0.29, 0.717) is 0 Å². The van der Waals surface area contributed by atoms with Crippen LogP contribution >= 0.6 is 0 Å². The van der Waals surface area contributed by atoms with E-state index in [0.717, 1.165) is 11.1 Å². The fourth-order valence-electron chi connectivity index (χ4n) is 4.56. The fraction of sp³-hybridized carbons (Fsp3) is 0.267. The van der Waals surface area contributed by atoms with Crippen molar-refractivity contribution in [2.75, 3.05) is 0 Å². The average molecular weight is 423 g/mol. The van der Waals surface area contributed by atoms with Crippen molar-refractivity contribution in [3.8, 4) is 0 Å². The Hall–Kier alpha value is -2.94. The third kappa shape index (κ3) is 3.64. The maximum atomic E-state index is 6.87. The molecule has 0 bridgehead atoms. The lowest BCUT2D eigenvalue weighted by Crippen LogP contribution is -2.53. The van der Waals surface area contributed by atoms with E-state index in [2.05, 4.69) is 125 Å². The van der Waals surface area contributed by atoms with Gasteiger partial charge in [0.15, 0.2) is 0 Å². The van der Waals surface area contributed by atoms with Gasteiger partial charge in [0.05, 0.1) is 11.1 Å². The predicted octanol–water partition coefficient (Wildman–Crippen LogP) is 5.89. The minimum Gasteiger partial charge on any atom is -0.318 e. The first-order chi connectivity index (χ1) is 15.1. The van der Waals surface area contributed by atoms with Gasteiger partial charge in [-0.25, -0.2) is 0 Å². The van der Waals surface area contributed by atoms with Gasteiger partial charge in [0, 0.05) is 10.8 Å². The van der Waals surface area contributed by atoms with Crippen molar-refractivity contribution >= 4 is 0 Å². The number of hydrogen-bond acceptors (Lipinski definition) is 2. The number of hydrogen-bond donors (Lipinski definition) is 2. The quantitative estimate of drug-likeness (QED) is 0.646.